The van der Waals surface area contributed by atoms with Gasteiger partial charge in [0.25, 0.3) is 0 Å². The van der Waals surface area contributed by atoms with Gasteiger partial charge >= 0.3 is 0 Å². The number of nitrogens with zero attached hydrogens (tertiary/aromatic N) is 3. The molecule has 1 aromatic carbocycles. The van der Waals surface area contributed by atoms with Crippen LogP contribution in [0.3, 0.4) is 0 Å². The van der Waals surface area contributed by atoms with Gasteiger partial charge in [0.05, 0.1) is 18.3 Å². The quantitative estimate of drug-likeness (QED) is 0.280. The van der Waals surface area contributed by atoms with Crippen molar-refractivity contribution in [3.8, 4) is 5.75 Å². The van der Waals surface area contributed by atoms with E-state index < -0.39 is 0 Å². The molecule has 152 valence electrons. The highest BCUT2D eigenvalue weighted by atomic mass is 127. The van der Waals surface area contributed by atoms with E-state index in [-0.39, 0.29) is 30.1 Å². The first kappa shape index (κ1) is 22.5. The van der Waals surface area contributed by atoms with Gasteiger partial charge in [-0.1, -0.05) is 19.1 Å². The van der Waals surface area contributed by atoms with Crippen LogP contribution in [0.15, 0.2) is 41.0 Å². The van der Waals surface area contributed by atoms with Crippen LogP contribution >= 0.6 is 35.3 Å². The van der Waals surface area contributed by atoms with Crippen molar-refractivity contribution in [2.75, 3.05) is 7.05 Å². The predicted molar refractivity (Wildman–Crippen MR) is 127 cm³/mol. The van der Waals surface area contributed by atoms with Gasteiger partial charge in [-0.15, -0.1) is 35.3 Å². The summed E-state index contributed by atoms with van der Waals surface area (Å²) >= 11 is 1.63. The molecular weight excluding hydrogens is 485 g/mol. The number of aryl methyl sites for hydroxylation is 1. The van der Waals surface area contributed by atoms with Crippen molar-refractivity contribution < 1.29 is 4.74 Å². The van der Waals surface area contributed by atoms with Gasteiger partial charge in [-0.3, -0.25) is 9.39 Å². The second-order valence-corrected chi connectivity index (χ2v) is 7.43. The predicted octanol–water partition coefficient (Wildman–Crippen LogP) is 4.36. The van der Waals surface area contributed by atoms with Crippen LogP contribution in [0.5, 0.6) is 5.75 Å². The molecule has 2 N–H and O–H groups in total. The zero-order chi connectivity index (χ0) is 19.2. The van der Waals surface area contributed by atoms with Crippen molar-refractivity contribution in [2.45, 2.75) is 46.4 Å². The van der Waals surface area contributed by atoms with E-state index in [0.717, 1.165) is 34.3 Å². The number of guanidine groups is 1. The molecule has 0 amide bonds. The molecule has 0 bridgehead atoms. The number of aliphatic imine (C=N–C) groups is 1. The smallest absolute Gasteiger partial charge is 0.193 e. The van der Waals surface area contributed by atoms with Gasteiger partial charge in [0.2, 0.25) is 0 Å². The molecule has 0 fully saturated rings. The van der Waals surface area contributed by atoms with Crippen molar-refractivity contribution in [3.05, 3.63) is 52.8 Å². The van der Waals surface area contributed by atoms with Gasteiger partial charge in [0, 0.05) is 36.9 Å². The number of hydrogen-bond acceptors (Lipinski definition) is 4. The molecular formula is C20H28IN5OS. The SMILES string of the molecule is CCC(C)Oc1cc(C)ccc1CNC(=NC)NCc1cn2ccsc2n1.I. The largest absolute Gasteiger partial charge is 0.490 e. The lowest BCUT2D eigenvalue weighted by Crippen LogP contribution is -2.36. The van der Waals surface area contributed by atoms with E-state index in [1.54, 1.807) is 18.4 Å². The summed E-state index contributed by atoms with van der Waals surface area (Å²) in [7, 11) is 1.77. The summed E-state index contributed by atoms with van der Waals surface area (Å²) in [5, 5.41) is 8.71. The summed E-state index contributed by atoms with van der Waals surface area (Å²) in [5.74, 6) is 1.67. The van der Waals surface area contributed by atoms with Crippen LogP contribution in [0.4, 0.5) is 0 Å². The Bertz CT molecular complexity index is 892. The Balaban J connectivity index is 0.00000280. The van der Waals surface area contributed by atoms with E-state index in [4.69, 9.17) is 4.74 Å². The van der Waals surface area contributed by atoms with Gasteiger partial charge < -0.3 is 15.4 Å². The summed E-state index contributed by atoms with van der Waals surface area (Å²) in [5.41, 5.74) is 3.30. The highest BCUT2D eigenvalue weighted by Crippen LogP contribution is 2.22. The Morgan fingerprint density at radius 1 is 1.32 bits per heavy atom. The Morgan fingerprint density at radius 2 is 2.11 bits per heavy atom. The first-order valence-electron chi connectivity index (χ1n) is 9.20. The Morgan fingerprint density at radius 3 is 2.82 bits per heavy atom. The molecule has 6 nitrogen and oxygen atoms in total. The van der Waals surface area contributed by atoms with Crippen LogP contribution in [-0.4, -0.2) is 28.5 Å². The molecule has 0 radical (unpaired) electrons. The van der Waals surface area contributed by atoms with Gasteiger partial charge in [-0.05, 0) is 31.9 Å². The third-order valence-corrected chi connectivity index (χ3v) is 5.15. The molecule has 3 aromatic rings. The standard InChI is InChI=1S/C20H27N5OS.HI/c1-5-15(3)26-18-10-14(2)6-7-16(18)11-22-19(21-4)23-12-17-13-25-8-9-27-20(25)24-17;/h6-10,13,15H,5,11-12H2,1-4H3,(H2,21,22,23);1H. The molecule has 0 aliphatic rings. The van der Waals surface area contributed by atoms with Crippen molar-refractivity contribution in [2.24, 2.45) is 4.99 Å². The minimum absolute atomic E-state index is 0. The monoisotopic (exact) mass is 513 g/mol. The van der Waals surface area contributed by atoms with Crippen molar-refractivity contribution >= 4 is 46.2 Å². The summed E-state index contributed by atoms with van der Waals surface area (Å²) < 4.78 is 8.11. The molecule has 28 heavy (non-hydrogen) atoms. The van der Waals surface area contributed by atoms with Crippen molar-refractivity contribution in [1.82, 2.24) is 20.0 Å². The minimum atomic E-state index is 0. The zero-order valence-corrected chi connectivity index (χ0v) is 19.9. The maximum absolute atomic E-state index is 6.08. The minimum Gasteiger partial charge on any atom is -0.490 e. The summed E-state index contributed by atoms with van der Waals surface area (Å²) in [6.07, 6.45) is 5.22. The molecule has 0 spiro atoms. The van der Waals surface area contributed by atoms with Crippen LogP contribution in [0.2, 0.25) is 0 Å². The summed E-state index contributed by atoms with van der Waals surface area (Å²) in [6.45, 7) is 7.57. The Labute approximate surface area is 187 Å². The summed E-state index contributed by atoms with van der Waals surface area (Å²) in [4.78, 5) is 9.89. The molecule has 0 saturated carbocycles. The first-order valence-corrected chi connectivity index (χ1v) is 10.1. The van der Waals surface area contributed by atoms with E-state index >= 15 is 0 Å². The van der Waals surface area contributed by atoms with Gasteiger partial charge in [0.15, 0.2) is 10.9 Å². The zero-order valence-electron chi connectivity index (χ0n) is 16.7. The van der Waals surface area contributed by atoms with E-state index in [0.29, 0.717) is 13.1 Å². The number of ether oxygens (including phenoxy) is 1. The van der Waals surface area contributed by atoms with Gasteiger partial charge in [0.1, 0.15) is 5.75 Å². The topological polar surface area (TPSA) is 63.0 Å². The second-order valence-electron chi connectivity index (χ2n) is 6.55. The molecule has 0 saturated heterocycles. The number of fused-ring (bicyclic) bond motifs is 1. The third-order valence-electron chi connectivity index (χ3n) is 4.38. The van der Waals surface area contributed by atoms with Crippen LogP contribution in [0, 0.1) is 6.92 Å². The van der Waals surface area contributed by atoms with E-state index in [1.807, 2.05) is 22.2 Å². The third kappa shape index (κ3) is 5.84. The van der Waals surface area contributed by atoms with Crippen LogP contribution in [-0.2, 0) is 13.1 Å². The molecule has 2 aromatic heterocycles. The normalized spacial score (nSPS) is 12.5. The van der Waals surface area contributed by atoms with E-state index in [1.165, 1.54) is 5.56 Å². The average Bonchev–Trinajstić information content (AvgIpc) is 3.24. The fraction of sp³-hybridized carbons (Fsp3) is 0.400. The van der Waals surface area contributed by atoms with E-state index in [2.05, 4.69) is 59.6 Å². The van der Waals surface area contributed by atoms with Crippen LogP contribution < -0.4 is 15.4 Å². The molecule has 2 heterocycles. The Kier molecular flexibility index (Phi) is 8.56. The maximum Gasteiger partial charge on any atom is 0.193 e. The van der Waals surface area contributed by atoms with Gasteiger partial charge in [-0.2, -0.15) is 0 Å². The summed E-state index contributed by atoms with van der Waals surface area (Å²) in [6, 6.07) is 6.31. The molecule has 3 rings (SSSR count). The van der Waals surface area contributed by atoms with Gasteiger partial charge in [-0.25, -0.2) is 4.98 Å². The lowest BCUT2D eigenvalue weighted by atomic mass is 10.1. The number of benzene rings is 1. The molecule has 8 heteroatoms. The average molecular weight is 513 g/mol. The lowest BCUT2D eigenvalue weighted by Gasteiger charge is -2.18. The maximum atomic E-state index is 6.08. The highest BCUT2D eigenvalue weighted by Gasteiger charge is 2.09. The number of hydrogen-bond donors (Lipinski definition) is 2. The molecule has 0 aliphatic heterocycles. The van der Waals surface area contributed by atoms with Crippen LogP contribution in [0.1, 0.15) is 37.1 Å². The number of imidazole rings is 1. The molecule has 1 unspecified atom stereocenters. The second kappa shape index (κ2) is 10.7. The first-order chi connectivity index (χ1) is 13.1. The number of aromatic nitrogens is 2. The number of rotatable bonds is 7. The van der Waals surface area contributed by atoms with Crippen molar-refractivity contribution in [3.63, 3.8) is 0 Å². The lowest BCUT2D eigenvalue weighted by molar-refractivity contribution is 0.215. The number of thiazole rings is 1. The highest BCUT2D eigenvalue weighted by molar-refractivity contribution is 14.0. The Hall–Kier alpha value is -1.81. The number of nitrogens with one attached hydrogen (secondary N) is 2. The van der Waals surface area contributed by atoms with Crippen LogP contribution in [0.25, 0.3) is 4.96 Å². The number of halogens is 1. The van der Waals surface area contributed by atoms with Crippen molar-refractivity contribution in [1.29, 1.82) is 0 Å². The molecule has 1 atom stereocenters. The molecule has 0 aliphatic carbocycles. The van der Waals surface area contributed by atoms with E-state index in [9.17, 15) is 0 Å². The fourth-order valence-corrected chi connectivity index (χ4v) is 3.37. The fourth-order valence-electron chi connectivity index (χ4n) is 2.65.